The highest BCUT2D eigenvalue weighted by Gasteiger charge is 2.15. The molecule has 0 spiro atoms. The molecule has 0 aliphatic rings. The molecule has 2 aromatic heterocycles. The Morgan fingerprint density at radius 3 is 2.78 bits per heavy atom. The van der Waals surface area contributed by atoms with Crippen molar-refractivity contribution in [3.63, 3.8) is 0 Å². The predicted molar refractivity (Wildman–Crippen MR) is 78.0 cm³/mol. The Hall–Kier alpha value is -0.870. The van der Waals surface area contributed by atoms with E-state index in [0.29, 0.717) is 0 Å². The van der Waals surface area contributed by atoms with Gasteiger partial charge in [-0.1, -0.05) is 13.3 Å². The zero-order chi connectivity index (χ0) is 13.1. The van der Waals surface area contributed by atoms with Crippen LogP contribution in [-0.2, 0) is 24.6 Å². The Morgan fingerprint density at radius 2 is 2.11 bits per heavy atom. The highest BCUT2D eigenvalue weighted by atomic mass is 79.9. The molecule has 2 aromatic rings. The summed E-state index contributed by atoms with van der Waals surface area (Å²) in [5.41, 5.74) is 3.82. The largest absolute Gasteiger partial charge is 0.384 e. The van der Waals surface area contributed by atoms with Gasteiger partial charge in [-0.25, -0.2) is 4.98 Å². The Morgan fingerprint density at radius 1 is 1.33 bits per heavy atom. The maximum atomic E-state index is 5.22. The molecule has 0 saturated carbocycles. The van der Waals surface area contributed by atoms with Crippen LogP contribution in [0.3, 0.4) is 0 Å². The Balaban J connectivity index is 2.58. The SMILES string of the molecule is CCCc1c(CCOC)c2ccc(Br)nc2n1C. The molecule has 4 heteroatoms. The van der Waals surface area contributed by atoms with Gasteiger partial charge in [0.15, 0.2) is 0 Å². The molecule has 0 atom stereocenters. The molecule has 0 radical (unpaired) electrons. The van der Waals surface area contributed by atoms with E-state index in [1.54, 1.807) is 7.11 Å². The van der Waals surface area contributed by atoms with Crippen LogP contribution in [0.1, 0.15) is 24.6 Å². The van der Waals surface area contributed by atoms with Gasteiger partial charge in [-0.2, -0.15) is 0 Å². The van der Waals surface area contributed by atoms with E-state index in [1.807, 2.05) is 6.07 Å². The molecule has 0 aromatic carbocycles. The van der Waals surface area contributed by atoms with Crippen molar-refractivity contribution >= 4 is 27.0 Å². The Kier molecular flexibility index (Phi) is 4.40. The number of nitrogens with zero attached hydrogens (tertiary/aromatic N) is 2. The van der Waals surface area contributed by atoms with Gasteiger partial charge in [-0.05, 0) is 46.5 Å². The summed E-state index contributed by atoms with van der Waals surface area (Å²) in [5.74, 6) is 0. The molecule has 0 aliphatic heterocycles. The van der Waals surface area contributed by atoms with Crippen LogP contribution >= 0.6 is 15.9 Å². The second-order valence-corrected chi connectivity index (χ2v) is 5.29. The van der Waals surface area contributed by atoms with E-state index in [4.69, 9.17) is 4.74 Å². The van der Waals surface area contributed by atoms with E-state index in [2.05, 4.69) is 45.5 Å². The standard InChI is InChI=1S/C14H19BrN2O/c1-4-5-12-10(8-9-18-3)11-6-7-13(15)16-14(11)17(12)2/h6-7H,4-5,8-9H2,1-3H3. The number of aryl methyl sites for hydroxylation is 1. The summed E-state index contributed by atoms with van der Waals surface area (Å²) < 4.78 is 8.32. The first kappa shape index (κ1) is 13.6. The summed E-state index contributed by atoms with van der Waals surface area (Å²) in [6.07, 6.45) is 3.18. The van der Waals surface area contributed by atoms with Crippen LogP contribution in [0.5, 0.6) is 0 Å². The van der Waals surface area contributed by atoms with Gasteiger partial charge in [-0.15, -0.1) is 0 Å². The maximum absolute atomic E-state index is 5.22. The Bertz CT molecular complexity index is 548. The van der Waals surface area contributed by atoms with Gasteiger partial charge in [0.2, 0.25) is 0 Å². The highest BCUT2D eigenvalue weighted by molar-refractivity contribution is 9.10. The van der Waals surface area contributed by atoms with Gasteiger partial charge in [0.05, 0.1) is 6.61 Å². The molecular weight excluding hydrogens is 292 g/mol. The average molecular weight is 311 g/mol. The summed E-state index contributed by atoms with van der Waals surface area (Å²) in [6, 6.07) is 4.16. The first-order valence-corrected chi connectivity index (χ1v) is 7.10. The van der Waals surface area contributed by atoms with E-state index in [9.17, 15) is 0 Å². The fourth-order valence-corrected chi connectivity index (χ4v) is 2.74. The number of pyridine rings is 1. The first-order chi connectivity index (χ1) is 8.69. The maximum Gasteiger partial charge on any atom is 0.141 e. The molecule has 2 heterocycles. The number of ether oxygens (including phenoxy) is 1. The molecule has 18 heavy (non-hydrogen) atoms. The third-order valence-corrected chi connectivity index (χ3v) is 3.72. The fraction of sp³-hybridized carbons (Fsp3) is 0.500. The molecule has 0 bridgehead atoms. The lowest BCUT2D eigenvalue weighted by Crippen LogP contribution is -2.02. The number of halogens is 1. The smallest absolute Gasteiger partial charge is 0.141 e. The molecular formula is C14H19BrN2O. The summed E-state index contributed by atoms with van der Waals surface area (Å²) in [5, 5.41) is 1.25. The zero-order valence-corrected chi connectivity index (χ0v) is 12.7. The molecule has 0 saturated heterocycles. The summed E-state index contributed by atoms with van der Waals surface area (Å²) in [6.45, 7) is 2.97. The minimum absolute atomic E-state index is 0.756. The molecule has 3 nitrogen and oxygen atoms in total. The van der Waals surface area contributed by atoms with Crippen LogP contribution in [0.4, 0.5) is 0 Å². The van der Waals surface area contributed by atoms with Crippen LogP contribution in [-0.4, -0.2) is 23.3 Å². The van der Waals surface area contributed by atoms with Gasteiger partial charge >= 0.3 is 0 Å². The lowest BCUT2D eigenvalue weighted by molar-refractivity contribution is 0.202. The molecule has 0 unspecified atom stereocenters. The molecule has 0 amide bonds. The lowest BCUT2D eigenvalue weighted by Gasteiger charge is -2.06. The molecule has 0 aliphatic carbocycles. The van der Waals surface area contributed by atoms with Gasteiger partial charge in [0.1, 0.15) is 10.3 Å². The molecule has 98 valence electrons. The van der Waals surface area contributed by atoms with Crippen LogP contribution in [0, 0.1) is 0 Å². The quantitative estimate of drug-likeness (QED) is 0.791. The number of rotatable bonds is 5. The van der Waals surface area contributed by atoms with Crippen LogP contribution in [0.2, 0.25) is 0 Å². The normalized spacial score (nSPS) is 11.3. The van der Waals surface area contributed by atoms with Gasteiger partial charge in [0.25, 0.3) is 0 Å². The fourth-order valence-electron chi connectivity index (χ4n) is 2.44. The molecule has 2 rings (SSSR count). The third-order valence-electron chi connectivity index (χ3n) is 3.28. The van der Waals surface area contributed by atoms with E-state index in [0.717, 1.165) is 36.1 Å². The van der Waals surface area contributed by atoms with E-state index >= 15 is 0 Å². The van der Waals surface area contributed by atoms with Gasteiger partial charge in [0, 0.05) is 25.2 Å². The number of methoxy groups -OCH3 is 1. The number of aromatic nitrogens is 2. The Labute approximate surface area is 116 Å². The van der Waals surface area contributed by atoms with Crippen LogP contribution in [0.25, 0.3) is 11.0 Å². The monoisotopic (exact) mass is 310 g/mol. The van der Waals surface area contributed by atoms with Crippen molar-refractivity contribution in [2.45, 2.75) is 26.2 Å². The summed E-state index contributed by atoms with van der Waals surface area (Å²) >= 11 is 3.44. The second kappa shape index (κ2) is 5.85. The molecule has 0 N–H and O–H groups in total. The van der Waals surface area contributed by atoms with E-state index in [1.165, 1.54) is 16.6 Å². The van der Waals surface area contributed by atoms with E-state index in [-0.39, 0.29) is 0 Å². The predicted octanol–water partition coefficient (Wildman–Crippen LogP) is 3.48. The van der Waals surface area contributed by atoms with Crippen molar-refractivity contribution in [2.75, 3.05) is 13.7 Å². The van der Waals surface area contributed by atoms with E-state index < -0.39 is 0 Å². The van der Waals surface area contributed by atoms with Crippen molar-refractivity contribution in [3.05, 3.63) is 28.0 Å². The lowest BCUT2D eigenvalue weighted by atomic mass is 10.1. The minimum atomic E-state index is 0.756. The topological polar surface area (TPSA) is 27.1 Å². The van der Waals surface area contributed by atoms with Crippen LogP contribution < -0.4 is 0 Å². The van der Waals surface area contributed by atoms with Crippen LogP contribution in [0.15, 0.2) is 16.7 Å². The minimum Gasteiger partial charge on any atom is -0.384 e. The summed E-state index contributed by atoms with van der Waals surface area (Å²) in [4.78, 5) is 4.59. The number of hydrogen-bond acceptors (Lipinski definition) is 2. The first-order valence-electron chi connectivity index (χ1n) is 6.30. The van der Waals surface area contributed by atoms with Crippen molar-refractivity contribution in [2.24, 2.45) is 7.05 Å². The average Bonchev–Trinajstić information content (AvgIpc) is 2.61. The number of fused-ring (bicyclic) bond motifs is 1. The van der Waals surface area contributed by atoms with Crippen molar-refractivity contribution in [1.82, 2.24) is 9.55 Å². The third kappa shape index (κ3) is 2.45. The summed E-state index contributed by atoms with van der Waals surface area (Å²) in [7, 11) is 3.85. The van der Waals surface area contributed by atoms with Gasteiger partial charge in [-0.3, -0.25) is 0 Å². The molecule has 0 fully saturated rings. The number of hydrogen-bond donors (Lipinski definition) is 0. The van der Waals surface area contributed by atoms with Crippen molar-refractivity contribution in [1.29, 1.82) is 0 Å². The zero-order valence-electron chi connectivity index (χ0n) is 11.2. The second-order valence-electron chi connectivity index (χ2n) is 4.48. The van der Waals surface area contributed by atoms with Crippen molar-refractivity contribution in [3.8, 4) is 0 Å². The van der Waals surface area contributed by atoms with Gasteiger partial charge < -0.3 is 9.30 Å². The highest BCUT2D eigenvalue weighted by Crippen LogP contribution is 2.27. The van der Waals surface area contributed by atoms with Crippen molar-refractivity contribution < 1.29 is 4.74 Å².